The van der Waals surface area contributed by atoms with Crippen LogP contribution in [-0.2, 0) is 11.3 Å². The molecular weight excluding hydrogens is 355 g/mol. The van der Waals surface area contributed by atoms with Crippen molar-refractivity contribution in [1.82, 2.24) is 9.97 Å². The summed E-state index contributed by atoms with van der Waals surface area (Å²) in [6.45, 7) is 2.08. The molecule has 2 heterocycles. The number of aromatic nitrogens is 2. The zero-order chi connectivity index (χ0) is 20.1. The van der Waals surface area contributed by atoms with E-state index in [1.165, 1.54) is 12.8 Å². The summed E-state index contributed by atoms with van der Waals surface area (Å²) < 4.78 is 5.13. The van der Waals surface area contributed by atoms with Gasteiger partial charge in [-0.1, -0.05) is 12.8 Å². The summed E-state index contributed by atoms with van der Waals surface area (Å²) in [4.78, 5) is 8.26. The van der Waals surface area contributed by atoms with E-state index in [-0.39, 0.29) is 6.61 Å². The first kappa shape index (κ1) is 19.6. The number of benzene rings is 1. The fourth-order valence-corrected chi connectivity index (χ4v) is 3.24. The molecule has 8 nitrogen and oxygen atoms in total. The Morgan fingerprint density at radius 3 is 2.68 bits per heavy atom. The third kappa shape index (κ3) is 4.40. The molecule has 2 aromatic rings. The summed E-state index contributed by atoms with van der Waals surface area (Å²) in [5.74, 6) is 1.15. The van der Waals surface area contributed by atoms with Gasteiger partial charge in [0.05, 0.1) is 24.3 Å². The van der Waals surface area contributed by atoms with Crippen molar-refractivity contribution in [1.29, 1.82) is 10.5 Å². The molecule has 0 atom stereocenters. The number of nitrogen functional groups attached to an aromatic ring is 1. The molecule has 4 N–H and O–H groups in total. The minimum atomic E-state index is -1.05. The summed E-state index contributed by atoms with van der Waals surface area (Å²) >= 11 is 0. The number of nitriles is 2. The molecule has 1 fully saturated rings. The van der Waals surface area contributed by atoms with Crippen LogP contribution in [0.3, 0.4) is 0 Å². The fourth-order valence-electron chi connectivity index (χ4n) is 3.24. The van der Waals surface area contributed by atoms with E-state index in [4.69, 9.17) is 15.6 Å². The van der Waals surface area contributed by atoms with Crippen molar-refractivity contribution in [3.8, 4) is 12.1 Å². The molecule has 0 saturated heterocycles. The molecule has 1 saturated carbocycles. The summed E-state index contributed by atoms with van der Waals surface area (Å²) in [6.07, 6.45) is 6.47. The second-order valence-corrected chi connectivity index (χ2v) is 6.87. The molecule has 0 spiro atoms. The van der Waals surface area contributed by atoms with Gasteiger partial charge in [0, 0.05) is 28.8 Å². The van der Waals surface area contributed by atoms with Crippen LogP contribution < -0.4 is 16.5 Å². The lowest BCUT2D eigenvalue weighted by Crippen LogP contribution is -2.30. The van der Waals surface area contributed by atoms with Gasteiger partial charge in [-0.05, 0) is 37.5 Å². The summed E-state index contributed by atoms with van der Waals surface area (Å²) in [5.41, 5.74) is 8.83. The Kier molecular flexibility index (Phi) is 6.10. The standard InChI is InChI=1S/C13H12BN5O2.C6H9N/c1-7-5-17-13(19-12(7)16)18-10-2-8(4-15)11-9(3-10)6-21-14(11)20;7-5-6-3-1-2-4-6/h2-3,5,20H,6H2,1H3,(H3,16,17,18,19);6H,1-4H2. The van der Waals surface area contributed by atoms with Crippen LogP contribution in [0.1, 0.15) is 42.4 Å². The van der Waals surface area contributed by atoms with Gasteiger partial charge in [-0.15, -0.1) is 0 Å². The average Bonchev–Trinajstić information content (AvgIpc) is 3.35. The van der Waals surface area contributed by atoms with Gasteiger partial charge in [-0.3, -0.25) is 0 Å². The Morgan fingerprint density at radius 2 is 2.07 bits per heavy atom. The molecule has 0 amide bonds. The second-order valence-electron chi connectivity index (χ2n) is 6.87. The topological polar surface area (TPSA) is 141 Å². The lowest BCUT2D eigenvalue weighted by Gasteiger charge is -2.09. The first-order valence-electron chi connectivity index (χ1n) is 9.14. The van der Waals surface area contributed by atoms with Gasteiger partial charge in [0.1, 0.15) is 5.82 Å². The number of hydrogen-bond donors (Lipinski definition) is 3. The van der Waals surface area contributed by atoms with Crippen LogP contribution in [-0.4, -0.2) is 22.1 Å². The Morgan fingerprint density at radius 1 is 1.32 bits per heavy atom. The van der Waals surface area contributed by atoms with Gasteiger partial charge in [0.25, 0.3) is 0 Å². The van der Waals surface area contributed by atoms with E-state index in [2.05, 4.69) is 27.4 Å². The predicted octanol–water partition coefficient (Wildman–Crippen LogP) is 1.90. The number of aryl methyl sites for hydroxylation is 1. The van der Waals surface area contributed by atoms with E-state index in [0.717, 1.165) is 24.0 Å². The number of fused-ring (bicyclic) bond motifs is 1. The largest absolute Gasteiger partial charge is 0.493 e. The molecule has 1 aliphatic heterocycles. The molecule has 1 aromatic heterocycles. The lowest BCUT2D eigenvalue weighted by molar-refractivity contribution is 0.275. The average molecular weight is 376 g/mol. The van der Waals surface area contributed by atoms with Gasteiger partial charge in [-0.25, -0.2) is 4.98 Å². The van der Waals surface area contributed by atoms with Crippen LogP contribution in [0.4, 0.5) is 17.5 Å². The first-order chi connectivity index (χ1) is 13.5. The Labute approximate surface area is 164 Å². The van der Waals surface area contributed by atoms with Gasteiger partial charge >= 0.3 is 7.12 Å². The highest BCUT2D eigenvalue weighted by molar-refractivity contribution is 6.62. The third-order valence-corrected chi connectivity index (χ3v) is 4.83. The number of anilines is 3. The molecule has 28 heavy (non-hydrogen) atoms. The molecule has 1 aliphatic carbocycles. The molecule has 0 bridgehead atoms. The van der Waals surface area contributed by atoms with Crippen molar-refractivity contribution in [3.63, 3.8) is 0 Å². The molecule has 142 valence electrons. The van der Waals surface area contributed by atoms with Gasteiger partial charge < -0.3 is 20.7 Å². The molecular formula is C19H21BN6O2. The molecule has 9 heteroatoms. The zero-order valence-corrected chi connectivity index (χ0v) is 15.6. The number of hydrogen-bond acceptors (Lipinski definition) is 8. The van der Waals surface area contributed by atoms with E-state index in [1.807, 2.05) is 6.92 Å². The van der Waals surface area contributed by atoms with Crippen LogP contribution in [0.2, 0.25) is 0 Å². The first-order valence-corrected chi connectivity index (χ1v) is 9.14. The maximum atomic E-state index is 9.71. The van der Waals surface area contributed by atoms with E-state index >= 15 is 0 Å². The predicted molar refractivity (Wildman–Crippen MR) is 106 cm³/mol. The van der Waals surface area contributed by atoms with Crippen LogP contribution in [0.25, 0.3) is 0 Å². The van der Waals surface area contributed by atoms with Crippen molar-refractivity contribution in [2.75, 3.05) is 11.1 Å². The SMILES string of the molecule is Cc1cnc(Nc2cc(C#N)c3c(c2)COB3O)nc1N.N#CC1CCCC1. The number of nitrogens with two attached hydrogens (primary N) is 1. The quantitative estimate of drug-likeness (QED) is 0.675. The summed E-state index contributed by atoms with van der Waals surface area (Å²) in [7, 11) is -1.05. The van der Waals surface area contributed by atoms with Crippen molar-refractivity contribution in [2.45, 2.75) is 39.2 Å². The molecule has 1 aromatic carbocycles. The summed E-state index contributed by atoms with van der Waals surface area (Å²) in [6, 6.07) is 7.74. The molecule has 0 unspecified atom stereocenters. The van der Waals surface area contributed by atoms with E-state index < -0.39 is 7.12 Å². The minimum absolute atomic E-state index is 0.262. The number of nitrogens with one attached hydrogen (secondary N) is 1. The van der Waals surface area contributed by atoms with E-state index in [9.17, 15) is 10.3 Å². The van der Waals surface area contributed by atoms with Crippen molar-refractivity contribution in [3.05, 3.63) is 35.0 Å². The molecule has 2 aliphatic rings. The summed E-state index contributed by atoms with van der Waals surface area (Å²) in [5, 5.41) is 30.2. The smallest absolute Gasteiger partial charge is 0.423 e. The highest BCUT2D eigenvalue weighted by atomic mass is 16.5. The van der Waals surface area contributed by atoms with Gasteiger partial charge in [0.15, 0.2) is 0 Å². The number of rotatable bonds is 2. The molecule has 4 rings (SSSR count). The lowest BCUT2D eigenvalue weighted by atomic mass is 9.76. The highest BCUT2D eigenvalue weighted by Gasteiger charge is 2.31. The maximum Gasteiger partial charge on any atom is 0.493 e. The normalized spacial score (nSPS) is 15.2. The van der Waals surface area contributed by atoms with Crippen LogP contribution in [0.5, 0.6) is 0 Å². The Hall–Kier alpha value is -3.14. The van der Waals surface area contributed by atoms with Crippen LogP contribution in [0.15, 0.2) is 18.3 Å². The number of nitrogens with zero attached hydrogens (tertiary/aromatic N) is 4. The van der Waals surface area contributed by atoms with Crippen LogP contribution in [0, 0.1) is 35.5 Å². The third-order valence-electron chi connectivity index (χ3n) is 4.83. The maximum absolute atomic E-state index is 9.71. The fraction of sp³-hybridized carbons (Fsp3) is 0.368. The molecule has 0 radical (unpaired) electrons. The van der Waals surface area contributed by atoms with E-state index in [1.54, 1.807) is 18.3 Å². The Balaban J connectivity index is 0.000000271. The van der Waals surface area contributed by atoms with Crippen molar-refractivity contribution >= 4 is 30.0 Å². The van der Waals surface area contributed by atoms with Crippen LogP contribution >= 0.6 is 0 Å². The van der Waals surface area contributed by atoms with Crippen molar-refractivity contribution in [2.24, 2.45) is 5.92 Å². The minimum Gasteiger partial charge on any atom is -0.423 e. The monoisotopic (exact) mass is 376 g/mol. The van der Waals surface area contributed by atoms with E-state index in [0.29, 0.717) is 34.4 Å². The second kappa shape index (κ2) is 8.70. The zero-order valence-electron chi connectivity index (χ0n) is 15.6. The Bertz CT molecular complexity index is 947. The van der Waals surface area contributed by atoms with Crippen molar-refractivity contribution < 1.29 is 9.68 Å². The van der Waals surface area contributed by atoms with Gasteiger partial charge in [-0.2, -0.15) is 15.5 Å². The van der Waals surface area contributed by atoms with Gasteiger partial charge in [0.2, 0.25) is 5.95 Å². The highest BCUT2D eigenvalue weighted by Crippen LogP contribution is 2.23.